The quantitative estimate of drug-likeness (QED) is 0.359. The lowest BCUT2D eigenvalue weighted by atomic mass is 10.1. The third-order valence-electron chi connectivity index (χ3n) is 4.82. The van der Waals surface area contributed by atoms with E-state index >= 15 is 0 Å². The summed E-state index contributed by atoms with van der Waals surface area (Å²) in [5.74, 6) is 0.623. The molecule has 1 N–H and O–H groups in total. The molecule has 3 aromatic rings. The number of rotatable bonds is 10. The van der Waals surface area contributed by atoms with E-state index in [0.717, 1.165) is 24.0 Å². The highest BCUT2D eigenvalue weighted by molar-refractivity contribution is 5.71. The van der Waals surface area contributed by atoms with Crippen LogP contribution in [0.5, 0.6) is 17.4 Å². The van der Waals surface area contributed by atoms with Gasteiger partial charge in [-0.1, -0.05) is 18.2 Å². The minimum atomic E-state index is -4.46. The van der Waals surface area contributed by atoms with Crippen LogP contribution >= 0.6 is 0 Å². The normalized spacial score (nSPS) is 13.0. The lowest BCUT2D eigenvalue weighted by Gasteiger charge is -2.26. The summed E-state index contributed by atoms with van der Waals surface area (Å²) in [4.78, 5) is 15.8. The highest BCUT2D eigenvalue weighted by Crippen LogP contribution is 2.30. The molecule has 2 atom stereocenters. The average Bonchev–Trinajstić information content (AvgIpc) is 2.80. The third kappa shape index (κ3) is 7.40. The van der Waals surface area contributed by atoms with Crippen molar-refractivity contribution in [2.45, 2.75) is 38.6 Å². The minimum absolute atomic E-state index is 0.0385. The van der Waals surface area contributed by atoms with Crippen LogP contribution < -0.4 is 14.8 Å². The number of hydrogen-bond donors (Lipinski definition) is 1. The Labute approximate surface area is 195 Å². The number of para-hydroxylation sites is 1. The van der Waals surface area contributed by atoms with Crippen molar-refractivity contribution in [3.8, 4) is 17.4 Å². The number of esters is 1. The summed E-state index contributed by atoms with van der Waals surface area (Å²) in [6, 6.07) is 17.7. The lowest BCUT2D eigenvalue weighted by Crippen LogP contribution is -2.38. The first-order chi connectivity index (χ1) is 16.2. The molecule has 3 rings (SSSR count). The maximum Gasteiger partial charge on any atom is 0.417 e. The Balaban J connectivity index is 1.63. The number of carbonyl (C=O) groups excluding carboxylic acids is 1. The topological polar surface area (TPSA) is 69.7 Å². The van der Waals surface area contributed by atoms with E-state index in [9.17, 15) is 18.0 Å². The number of aromatic nitrogens is 1. The number of hydrogen-bond acceptors (Lipinski definition) is 6. The monoisotopic (exact) mass is 474 g/mol. The van der Waals surface area contributed by atoms with Gasteiger partial charge in [0, 0.05) is 18.0 Å². The van der Waals surface area contributed by atoms with E-state index in [1.54, 1.807) is 31.2 Å². The van der Waals surface area contributed by atoms with Crippen LogP contribution in [0.25, 0.3) is 0 Å². The number of nitrogens with one attached hydrogen (secondary N) is 1. The first-order valence-electron chi connectivity index (χ1n) is 10.7. The molecule has 0 saturated heterocycles. The number of halogens is 3. The SMILES string of the molecule is CCOC(=O)CC(Nc1ccccc1)C(C)Oc1ccc(Oc2ccc(C(F)(F)F)cn2)cc1. The molecule has 0 aliphatic rings. The summed E-state index contributed by atoms with van der Waals surface area (Å²) < 4.78 is 54.6. The third-order valence-corrected chi connectivity index (χ3v) is 4.82. The van der Waals surface area contributed by atoms with Crippen molar-refractivity contribution in [1.82, 2.24) is 4.98 Å². The number of pyridine rings is 1. The van der Waals surface area contributed by atoms with E-state index in [0.29, 0.717) is 18.1 Å². The van der Waals surface area contributed by atoms with Gasteiger partial charge < -0.3 is 19.5 Å². The van der Waals surface area contributed by atoms with Crippen molar-refractivity contribution in [3.63, 3.8) is 0 Å². The van der Waals surface area contributed by atoms with Gasteiger partial charge in [0.05, 0.1) is 24.6 Å². The van der Waals surface area contributed by atoms with E-state index in [-0.39, 0.29) is 24.3 Å². The zero-order valence-electron chi connectivity index (χ0n) is 18.7. The van der Waals surface area contributed by atoms with E-state index in [1.165, 1.54) is 0 Å². The van der Waals surface area contributed by atoms with Gasteiger partial charge >= 0.3 is 12.1 Å². The molecule has 9 heteroatoms. The molecule has 0 spiro atoms. The van der Waals surface area contributed by atoms with Crippen molar-refractivity contribution in [2.75, 3.05) is 11.9 Å². The first kappa shape index (κ1) is 24.9. The largest absolute Gasteiger partial charge is 0.489 e. The molecule has 180 valence electrons. The van der Waals surface area contributed by atoms with Gasteiger partial charge in [0.25, 0.3) is 0 Å². The molecule has 0 bridgehead atoms. The van der Waals surface area contributed by atoms with Crippen molar-refractivity contribution < 1.29 is 32.2 Å². The van der Waals surface area contributed by atoms with Gasteiger partial charge in [-0.3, -0.25) is 4.79 Å². The maximum atomic E-state index is 12.7. The Kier molecular flexibility index (Phi) is 8.34. The second-order valence-electron chi connectivity index (χ2n) is 7.41. The molecule has 34 heavy (non-hydrogen) atoms. The van der Waals surface area contributed by atoms with Crippen molar-refractivity contribution in [1.29, 1.82) is 0 Å². The molecule has 0 saturated carbocycles. The van der Waals surface area contributed by atoms with Crippen molar-refractivity contribution >= 4 is 11.7 Å². The summed E-state index contributed by atoms with van der Waals surface area (Å²) in [5.41, 5.74) is -0.000826. The number of nitrogens with zero attached hydrogens (tertiary/aromatic N) is 1. The molecule has 1 heterocycles. The number of benzene rings is 2. The number of ether oxygens (including phenoxy) is 3. The smallest absolute Gasteiger partial charge is 0.417 e. The fourth-order valence-corrected chi connectivity index (χ4v) is 3.09. The standard InChI is InChI=1S/C25H25F3N2O4/c1-3-32-24(31)15-22(30-19-7-5-4-6-8-19)17(2)33-20-10-12-21(13-11-20)34-23-14-9-18(16-29-23)25(26,27)28/h4-14,16-17,22,30H,3,15H2,1-2H3. The van der Waals surface area contributed by atoms with Gasteiger partial charge in [0.2, 0.25) is 5.88 Å². The van der Waals surface area contributed by atoms with Crippen LogP contribution in [0.15, 0.2) is 72.9 Å². The van der Waals surface area contributed by atoms with E-state index < -0.39 is 17.8 Å². The first-order valence-corrected chi connectivity index (χ1v) is 10.7. The fraction of sp³-hybridized carbons (Fsp3) is 0.280. The number of carbonyl (C=O) groups is 1. The molecule has 2 aromatic carbocycles. The maximum absolute atomic E-state index is 12.7. The van der Waals surface area contributed by atoms with Crippen LogP contribution in [0, 0.1) is 0 Å². The zero-order valence-corrected chi connectivity index (χ0v) is 18.7. The molecular formula is C25H25F3N2O4. The van der Waals surface area contributed by atoms with E-state index in [4.69, 9.17) is 14.2 Å². The summed E-state index contributed by atoms with van der Waals surface area (Å²) >= 11 is 0. The van der Waals surface area contributed by atoms with Crippen LogP contribution in [0.4, 0.5) is 18.9 Å². The van der Waals surface area contributed by atoms with E-state index in [1.807, 2.05) is 37.3 Å². The van der Waals surface area contributed by atoms with Gasteiger partial charge in [-0.15, -0.1) is 0 Å². The van der Waals surface area contributed by atoms with Gasteiger partial charge in [0.15, 0.2) is 0 Å². The second kappa shape index (κ2) is 11.4. The lowest BCUT2D eigenvalue weighted by molar-refractivity contribution is -0.143. The van der Waals surface area contributed by atoms with Crippen LogP contribution in [-0.4, -0.2) is 29.7 Å². The summed E-state index contributed by atoms with van der Waals surface area (Å²) in [5, 5.41) is 3.31. The molecule has 0 fully saturated rings. The molecule has 1 aromatic heterocycles. The molecule has 6 nitrogen and oxygen atoms in total. The highest BCUT2D eigenvalue weighted by Gasteiger charge is 2.30. The minimum Gasteiger partial charge on any atom is -0.489 e. The molecule has 0 aliphatic heterocycles. The Morgan fingerprint density at radius 2 is 1.68 bits per heavy atom. The summed E-state index contributed by atoms with van der Waals surface area (Å²) in [7, 11) is 0. The van der Waals surface area contributed by atoms with Gasteiger partial charge in [0.1, 0.15) is 17.6 Å². The number of anilines is 1. The van der Waals surface area contributed by atoms with Crippen LogP contribution in [-0.2, 0) is 15.7 Å². The predicted octanol–water partition coefficient (Wildman–Crippen LogP) is 6.09. The molecule has 0 amide bonds. The highest BCUT2D eigenvalue weighted by atomic mass is 19.4. The Morgan fingerprint density at radius 3 is 2.26 bits per heavy atom. The van der Waals surface area contributed by atoms with E-state index in [2.05, 4.69) is 10.3 Å². The van der Waals surface area contributed by atoms with Crippen molar-refractivity contribution in [2.24, 2.45) is 0 Å². The molecule has 0 aliphatic carbocycles. The van der Waals surface area contributed by atoms with Crippen LogP contribution in [0.2, 0.25) is 0 Å². The predicted molar refractivity (Wildman–Crippen MR) is 121 cm³/mol. The average molecular weight is 474 g/mol. The van der Waals surface area contributed by atoms with Gasteiger partial charge in [-0.25, -0.2) is 4.98 Å². The Bertz CT molecular complexity index is 1040. The van der Waals surface area contributed by atoms with Crippen LogP contribution in [0.1, 0.15) is 25.8 Å². The molecule has 2 unspecified atom stereocenters. The Hall–Kier alpha value is -3.75. The number of alkyl halides is 3. The summed E-state index contributed by atoms with van der Waals surface area (Å²) in [6.07, 6.45) is -4.02. The molecular weight excluding hydrogens is 449 g/mol. The molecule has 0 radical (unpaired) electrons. The zero-order chi connectivity index (χ0) is 24.6. The van der Waals surface area contributed by atoms with Gasteiger partial charge in [-0.05, 0) is 56.3 Å². The fourth-order valence-electron chi connectivity index (χ4n) is 3.09. The summed E-state index contributed by atoms with van der Waals surface area (Å²) in [6.45, 7) is 3.89. The van der Waals surface area contributed by atoms with Crippen molar-refractivity contribution in [3.05, 3.63) is 78.5 Å². The van der Waals surface area contributed by atoms with Crippen LogP contribution in [0.3, 0.4) is 0 Å². The van der Waals surface area contributed by atoms with Gasteiger partial charge in [-0.2, -0.15) is 13.2 Å². The second-order valence-corrected chi connectivity index (χ2v) is 7.41. The Morgan fingerprint density at radius 1 is 1.00 bits per heavy atom.